The Balaban J connectivity index is 1.29. The average molecular weight is 410 g/mol. The third-order valence-electron chi connectivity index (χ3n) is 6.04. The second kappa shape index (κ2) is 9.35. The number of aliphatic hydroxyl groups is 1. The van der Waals surface area contributed by atoms with Crippen LogP contribution in [0.25, 0.3) is 10.6 Å². The van der Waals surface area contributed by atoms with Gasteiger partial charge in [-0.2, -0.15) is 0 Å². The van der Waals surface area contributed by atoms with Crippen molar-refractivity contribution < 1.29 is 5.11 Å². The molecule has 2 aromatic rings. The summed E-state index contributed by atoms with van der Waals surface area (Å²) >= 11 is 1.86. The summed E-state index contributed by atoms with van der Waals surface area (Å²) in [6, 6.07) is 9.10. The third kappa shape index (κ3) is 5.04. The van der Waals surface area contributed by atoms with E-state index in [0.717, 1.165) is 44.7 Å². The number of aromatic nitrogens is 1. The van der Waals surface area contributed by atoms with Gasteiger partial charge in [0.2, 0.25) is 0 Å². The first kappa shape index (κ1) is 20.5. The first-order chi connectivity index (χ1) is 14.1. The van der Waals surface area contributed by atoms with Gasteiger partial charge in [0.15, 0.2) is 0 Å². The number of nitrogens with zero attached hydrogens (tertiary/aromatic N) is 3. The minimum Gasteiger partial charge on any atom is -0.378 e. The standard InChI is InChI=1S/C24H31N3OS/c1-18-10-12-25-22(16-18)23-9-8-21(29-23)11-13-26-14-15-27(17-19(26)2)24(28)20-6-4-3-5-7-20/h3-6,8-10,12,16,19-20,24,28H,7,11,13-15,17H2,1-2H3. The lowest BCUT2D eigenvalue weighted by Crippen LogP contribution is -2.56. The van der Waals surface area contributed by atoms with Gasteiger partial charge in [0, 0.05) is 49.2 Å². The maximum atomic E-state index is 10.8. The van der Waals surface area contributed by atoms with Crippen molar-refractivity contribution in [3.05, 3.63) is 65.2 Å². The molecule has 0 amide bonds. The Bertz CT molecular complexity index is 875. The molecular weight excluding hydrogens is 378 g/mol. The highest BCUT2D eigenvalue weighted by Gasteiger charge is 2.30. The van der Waals surface area contributed by atoms with E-state index < -0.39 is 0 Å². The molecule has 1 saturated heterocycles. The molecular formula is C24H31N3OS. The largest absolute Gasteiger partial charge is 0.378 e. The normalized spacial score (nSPS) is 24.1. The van der Waals surface area contributed by atoms with E-state index in [1.54, 1.807) is 0 Å². The van der Waals surface area contributed by atoms with Gasteiger partial charge < -0.3 is 5.11 Å². The van der Waals surface area contributed by atoms with Crippen molar-refractivity contribution in [1.82, 2.24) is 14.8 Å². The van der Waals surface area contributed by atoms with Crippen molar-refractivity contribution in [2.24, 2.45) is 5.92 Å². The predicted molar refractivity (Wildman–Crippen MR) is 121 cm³/mol. The number of thiophene rings is 1. The summed E-state index contributed by atoms with van der Waals surface area (Å²) in [4.78, 5) is 12.0. The number of aryl methyl sites for hydroxylation is 1. The molecule has 0 aromatic carbocycles. The first-order valence-corrected chi connectivity index (χ1v) is 11.4. The van der Waals surface area contributed by atoms with Crippen LogP contribution in [0.4, 0.5) is 0 Å². The molecule has 5 heteroatoms. The fourth-order valence-corrected chi connectivity index (χ4v) is 5.23. The van der Waals surface area contributed by atoms with Gasteiger partial charge in [-0.3, -0.25) is 14.8 Å². The molecule has 3 atom stereocenters. The summed E-state index contributed by atoms with van der Waals surface area (Å²) in [5, 5.41) is 10.8. The van der Waals surface area contributed by atoms with E-state index in [4.69, 9.17) is 0 Å². The van der Waals surface area contributed by atoms with Crippen molar-refractivity contribution in [3.63, 3.8) is 0 Å². The average Bonchev–Trinajstić information content (AvgIpc) is 3.22. The van der Waals surface area contributed by atoms with Crippen LogP contribution in [0.2, 0.25) is 0 Å². The van der Waals surface area contributed by atoms with Crippen molar-refractivity contribution in [2.75, 3.05) is 26.2 Å². The lowest BCUT2D eigenvalue weighted by molar-refractivity contribution is -0.0627. The number of hydrogen-bond donors (Lipinski definition) is 1. The smallest absolute Gasteiger partial charge is 0.114 e. The molecule has 3 unspecified atom stereocenters. The number of aliphatic hydroxyl groups excluding tert-OH is 1. The lowest BCUT2D eigenvalue weighted by atomic mass is 9.97. The van der Waals surface area contributed by atoms with Crippen molar-refractivity contribution in [2.45, 2.75) is 39.0 Å². The molecule has 3 heterocycles. The maximum absolute atomic E-state index is 10.8. The van der Waals surface area contributed by atoms with Crippen LogP contribution in [0, 0.1) is 12.8 Å². The van der Waals surface area contributed by atoms with E-state index in [2.05, 4.69) is 71.1 Å². The molecule has 0 saturated carbocycles. The van der Waals surface area contributed by atoms with Gasteiger partial charge in [-0.05, 0) is 56.5 Å². The lowest BCUT2D eigenvalue weighted by Gasteiger charge is -2.43. The van der Waals surface area contributed by atoms with Crippen LogP contribution in [0.3, 0.4) is 0 Å². The van der Waals surface area contributed by atoms with Crippen LogP contribution in [-0.4, -0.2) is 58.3 Å². The Morgan fingerprint density at radius 2 is 2.14 bits per heavy atom. The van der Waals surface area contributed by atoms with Gasteiger partial charge in [0.1, 0.15) is 6.23 Å². The van der Waals surface area contributed by atoms with Crippen LogP contribution in [-0.2, 0) is 6.42 Å². The van der Waals surface area contributed by atoms with E-state index in [9.17, 15) is 5.11 Å². The Kier molecular flexibility index (Phi) is 6.60. The molecule has 1 aliphatic carbocycles. The number of rotatable bonds is 6. The first-order valence-electron chi connectivity index (χ1n) is 10.6. The minimum absolute atomic E-state index is 0.221. The van der Waals surface area contributed by atoms with Crippen molar-refractivity contribution in [3.8, 4) is 10.6 Å². The monoisotopic (exact) mass is 409 g/mol. The molecule has 1 fully saturated rings. The summed E-state index contributed by atoms with van der Waals surface area (Å²) in [5.41, 5.74) is 2.32. The second-order valence-corrected chi connectivity index (χ2v) is 9.41. The van der Waals surface area contributed by atoms with Gasteiger partial charge in [-0.1, -0.05) is 24.3 Å². The fourth-order valence-electron chi connectivity index (χ4n) is 4.26. The number of hydrogen-bond acceptors (Lipinski definition) is 5. The Morgan fingerprint density at radius 3 is 2.90 bits per heavy atom. The minimum atomic E-state index is -0.373. The van der Waals surface area contributed by atoms with Crippen LogP contribution in [0.1, 0.15) is 23.8 Å². The Morgan fingerprint density at radius 1 is 1.24 bits per heavy atom. The van der Waals surface area contributed by atoms with Crippen LogP contribution >= 0.6 is 11.3 Å². The predicted octanol–water partition coefficient (Wildman–Crippen LogP) is 4.12. The molecule has 1 N–H and O–H groups in total. The Hall–Kier alpha value is -1.79. The van der Waals surface area contributed by atoms with Gasteiger partial charge >= 0.3 is 0 Å². The zero-order valence-electron chi connectivity index (χ0n) is 17.4. The highest BCUT2D eigenvalue weighted by molar-refractivity contribution is 7.15. The van der Waals surface area contributed by atoms with Gasteiger partial charge in [0.05, 0.1) is 10.6 Å². The van der Waals surface area contributed by atoms with E-state index in [-0.39, 0.29) is 12.1 Å². The second-order valence-electron chi connectivity index (χ2n) is 8.24. The summed E-state index contributed by atoms with van der Waals surface area (Å²) in [6.45, 7) is 8.34. The van der Waals surface area contributed by atoms with E-state index >= 15 is 0 Å². The topological polar surface area (TPSA) is 39.6 Å². The van der Waals surface area contributed by atoms with Crippen LogP contribution in [0.15, 0.2) is 54.8 Å². The van der Waals surface area contributed by atoms with E-state index in [0.29, 0.717) is 6.04 Å². The fraction of sp³-hybridized carbons (Fsp3) is 0.458. The molecule has 0 bridgehead atoms. The van der Waals surface area contributed by atoms with Crippen molar-refractivity contribution in [1.29, 1.82) is 0 Å². The molecule has 29 heavy (non-hydrogen) atoms. The van der Waals surface area contributed by atoms with Crippen molar-refractivity contribution >= 4 is 11.3 Å². The van der Waals surface area contributed by atoms with Gasteiger partial charge in [0.25, 0.3) is 0 Å². The van der Waals surface area contributed by atoms with Gasteiger partial charge in [-0.25, -0.2) is 0 Å². The molecule has 2 aliphatic rings. The molecule has 2 aromatic heterocycles. The summed E-state index contributed by atoms with van der Waals surface area (Å²) in [5.74, 6) is 0.221. The van der Waals surface area contributed by atoms with Gasteiger partial charge in [-0.15, -0.1) is 11.3 Å². The molecule has 4 rings (SSSR count). The molecule has 0 radical (unpaired) electrons. The van der Waals surface area contributed by atoms with Crippen LogP contribution in [0.5, 0.6) is 0 Å². The number of allylic oxidation sites excluding steroid dienone is 3. The molecule has 154 valence electrons. The maximum Gasteiger partial charge on any atom is 0.114 e. The quantitative estimate of drug-likeness (QED) is 0.779. The van der Waals surface area contributed by atoms with Crippen LogP contribution < -0.4 is 0 Å². The zero-order chi connectivity index (χ0) is 20.2. The SMILES string of the molecule is Cc1ccnc(-c2ccc(CCN3CCN(C(O)C4C=CC=CC4)CC3C)s2)c1. The Labute approximate surface area is 178 Å². The number of piperazine rings is 1. The third-order valence-corrected chi connectivity index (χ3v) is 7.21. The molecule has 0 spiro atoms. The highest BCUT2D eigenvalue weighted by Crippen LogP contribution is 2.28. The summed E-state index contributed by atoms with van der Waals surface area (Å²) in [6.07, 6.45) is 11.9. The summed E-state index contributed by atoms with van der Waals surface area (Å²) in [7, 11) is 0. The van der Waals surface area contributed by atoms with E-state index in [1.165, 1.54) is 15.3 Å². The summed E-state index contributed by atoms with van der Waals surface area (Å²) < 4.78 is 0. The molecule has 1 aliphatic heterocycles. The number of pyridine rings is 1. The molecule has 4 nitrogen and oxygen atoms in total. The van der Waals surface area contributed by atoms with E-state index in [1.807, 2.05) is 23.6 Å². The highest BCUT2D eigenvalue weighted by atomic mass is 32.1. The zero-order valence-corrected chi connectivity index (χ0v) is 18.2.